The summed E-state index contributed by atoms with van der Waals surface area (Å²) in [7, 11) is 0. The average Bonchev–Trinajstić information content (AvgIpc) is 2.94. The summed E-state index contributed by atoms with van der Waals surface area (Å²) in [6, 6.07) is 16.1. The Hall–Kier alpha value is -2.27. The smallest absolute Gasteiger partial charge is 0.262 e. The molecule has 0 unspecified atom stereocenters. The molecule has 5 nitrogen and oxygen atoms in total. The van der Waals surface area contributed by atoms with Crippen LogP contribution in [0.5, 0.6) is 0 Å². The second-order valence-electron chi connectivity index (χ2n) is 5.74. The SMILES string of the molecule is N#C/C(C(N)=O)=C1\S[C@H](Cc2ccc(Cl)cc2)C(=O)N1c1ccc(Br)cc1. The topological polar surface area (TPSA) is 87.2 Å². The van der Waals surface area contributed by atoms with Crippen LogP contribution in [-0.4, -0.2) is 17.1 Å². The number of anilines is 1. The van der Waals surface area contributed by atoms with Gasteiger partial charge in [-0.25, -0.2) is 0 Å². The predicted octanol–water partition coefficient (Wildman–Crippen LogP) is 4.01. The molecule has 1 aliphatic rings. The first-order valence-corrected chi connectivity index (χ1v) is 9.90. The summed E-state index contributed by atoms with van der Waals surface area (Å²) in [5, 5.41) is 9.77. The van der Waals surface area contributed by atoms with Crippen LogP contribution in [0, 0.1) is 11.3 Å². The van der Waals surface area contributed by atoms with Gasteiger partial charge in [-0.2, -0.15) is 5.26 Å². The van der Waals surface area contributed by atoms with Crippen LogP contribution >= 0.6 is 39.3 Å². The van der Waals surface area contributed by atoms with Crippen molar-refractivity contribution in [3.63, 3.8) is 0 Å². The summed E-state index contributed by atoms with van der Waals surface area (Å²) in [6.07, 6.45) is 0.439. The predicted molar refractivity (Wildman–Crippen MR) is 110 cm³/mol. The Kier molecular flexibility index (Phi) is 5.90. The van der Waals surface area contributed by atoms with Crippen molar-refractivity contribution in [3.05, 3.63) is 74.2 Å². The number of nitrogens with two attached hydrogens (primary N) is 1. The van der Waals surface area contributed by atoms with E-state index >= 15 is 0 Å². The van der Waals surface area contributed by atoms with Crippen molar-refractivity contribution < 1.29 is 9.59 Å². The van der Waals surface area contributed by atoms with Crippen LogP contribution in [0.15, 0.2) is 63.6 Å². The number of benzene rings is 2. The lowest BCUT2D eigenvalue weighted by Crippen LogP contribution is -2.31. The average molecular weight is 463 g/mol. The normalized spacial score (nSPS) is 18.3. The van der Waals surface area contributed by atoms with Gasteiger partial charge in [-0.05, 0) is 48.4 Å². The lowest BCUT2D eigenvalue weighted by Gasteiger charge is -2.18. The molecule has 27 heavy (non-hydrogen) atoms. The lowest BCUT2D eigenvalue weighted by atomic mass is 10.1. The van der Waals surface area contributed by atoms with Crippen LogP contribution in [0.25, 0.3) is 0 Å². The number of amides is 2. The number of halogens is 2. The van der Waals surface area contributed by atoms with Gasteiger partial charge in [-0.3, -0.25) is 14.5 Å². The molecule has 2 amide bonds. The molecule has 8 heteroatoms. The van der Waals surface area contributed by atoms with E-state index in [2.05, 4.69) is 15.9 Å². The minimum Gasteiger partial charge on any atom is -0.365 e. The van der Waals surface area contributed by atoms with Gasteiger partial charge in [0.05, 0.1) is 5.25 Å². The fraction of sp³-hybridized carbons (Fsp3) is 0.105. The Labute approximate surface area is 173 Å². The quantitative estimate of drug-likeness (QED) is 0.549. The molecule has 1 atom stereocenters. The molecule has 0 spiro atoms. The zero-order chi connectivity index (χ0) is 19.6. The standard InChI is InChI=1S/C19H13BrClN3O2S/c20-12-3-7-14(8-4-12)24-18(26)16(9-11-1-5-13(21)6-2-11)27-19(24)15(10-22)17(23)25/h1-8,16H,9H2,(H2,23,25)/b19-15+/t16-/m1/s1. The van der Waals surface area contributed by atoms with Gasteiger partial charge in [0, 0.05) is 15.2 Å². The highest BCUT2D eigenvalue weighted by molar-refractivity contribution is 9.10. The van der Waals surface area contributed by atoms with E-state index in [0.717, 1.165) is 10.0 Å². The zero-order valence-electron chi connectivity index (χ0n) is 13.9. The summed E-state index contributed by atoms with van der Waals surface area (Å²) >= 11 is 10.4. The molecule has 1 saturated heterocycles. The van der Waals surface area contributed by atoms with E-state index in [4.69, 9.17) is 17.3 Å². The highest BCUT2D eigenvalue weighted by atomic mass is 79.9. The van der Waals surface area contributed by atoms with E-state index < -0.39 is 11.2 Å². The molecule has 0 aromatic heterocycles. The van der Waals surface area contributed by atoms with Crippen LogP contribution in [-0.2, 0) is 16.0 Å². The van der Waals surface area contributed by atoms with Crippen LogP contribution < -0.4 is 10.6 Å². The van der Waals surface area contributed by atoms with Gasteiger partial charge < -0.3 is 5.73 Å². The molecule has 0 bridgehead atoms. The third kappa shape index (κ3) is 4.19. The molecule has 2 N–H and O–H groups in total. The van der Waals surface area contributed by atoms with Crippen LogP contribution in [0.4, 0.5) is 5.69 Å². The van der Waals surface area contributed by atoms with Gasteiger partial charge in [0.25, 0.3) is 5.91 Å². The van der Waals surface area contributed by atoms with E-state index in [9.17, 15) is 14.9 Å². The molecule has 1 aliphatic heterocycles. The number of hydrogen-bond acceptors (Lipinski definition) is 4. The van der Waals surface area contributed by atoms with Crippen molar-refractivity contribution in [1.82, 2.24) is 0 Å². The molecule has 0 aliphatic carbocycles. The maximum Gasteiger partial charge on any atom is 0.262 e. The second kappa shape index (κ2) is 8.17. The first-order chi connectivity index (χ1) is 12.9. The number of rotatable bonds is 4. The number of nitrogens with zero attached hydrogens (tertiary/aromatic N) is 2. The molecule has 1 fully saturated rings. The number of thioether (sulfide) groups is 1. The Bertz CT molecular complexity index is 968. The van der Waals surface area contributed by atoms with Crippen molar-refractivity contribution in [1.29, 1.82) is 5.26 Å². The molecule has 2 aromatic carbocycles. The van der Waals surface area contributed by atoms with Crippen molar-refractivity contribution in [3.8, 4) is 6.07 Å². The Morgan fingerprint density at radius 1 is 1.22 bits per heavy atom. The first-order valence-electron chi connectivity index (χ1n) is 7.85. The van der Waals surface area contributed by atoms with E-state index in [-0.39, 0.29) is 16.5 Å². The first kappa shape index (κ1) is 19.5. The van der Waals surface area contributed by atoms with Crippen molar-refractivity contribution in [2.24, 2.45) is 5.73 Å². The van der Waals surface area contributed by atoms with Gasteiger partial charge in [0.2, 0.25) is 5.91 Å². The van der Waals surface area contributed by atoms with Crippen molar-refractivity contribution >= 4 is 56.8 Å². The lowest BCUT2D eigenvalue weighted by molar-refractivity contribution is -0.117. The monoisotopic (exact) mass is 461 g/mol. The van der Waals surface area contributed by atoms with E-state index in [0.29, 0.717) is 17.1 Å². The minimum atomic E-state index is -0.859. The maximum atomic E-state index is 13.1. The number of carbonyl (C=O) groups is 2. The Morgan fingerprint density at radius 3 is 2.41 bits per heavy atom. The molecule has 136 valence electrons. The maximum absolute atomic E-state index is 13.1. The van der Waals surface area contributed by atoms with Crippen LogP contribution in [0.2, 0.25) is 5.02 Å². The molecule has 2 aromatic rings. The number of hydrogen-bond donors (Lipinski definition) is 1. The number of nitriles is 1. The van der Waals surface area contributed by atoms with Gasteiger partial charge in [0.15, 0.2) is 0 Å². The highest BCUT2D eigenvalue weighted by Crippen LogP contribution is 2.42. The third-order valence-electron chi connectivity index (χ3n) is 3.94. The molecule has 0 radical (unpaired) electrons. The summed E-state index contributed by atoms with van der Waals surface area (Å²) in [5.74, 6) is -1.07. The minimum absolute atomic E-state index is 0.207. The highest BCUT2D eigenvalue weighted by Gasteiger charge is 2.40. The number of carbonyl (C=O) groups excluding carboxylic acids is 2. The zero-order valence-corrected chi connectivity index (χ0v) is 17.0. The number of primary amides is 1. The van der Waals surface area contributed by atoms with E-state index in [1.54, 1.807) is 36.4 Å². The summed E-state index contributed by atoms with van der Waals surface area (Å²) < 4.78 is 0.851. The molecule has 1 heterocycles. The van der Waals surface area contributed by atoms with Gasteiger partial charge in [-0.15, -0.1) is 0 Å². The Balaban J connectivity index is 2.01. The summed E-state index contributed by atoms with van der Waals surface area (Å²) in [6.45, 7) is 0. The van der Waals surface area contributed by atoms with Crippen molar-refractivity contribution in [2.75, 3.05) is 4.90 Å². The Morgan fingerprint density at radius 2 is 1.85 bits per heavy atom. The second-order valence-corrected chi connectivity index (χ2v) is 8.29. The van der Waals surface area contributed by atoms with Crippen LogP contribution in [0.1, 0.15) is 5.56 Å². The molecule has 3 rings (SSSR count). The largest absolute Gasteiger partial charge is 0.365 e. The van der Waals surface area contributed by atoms with Gasteiger partial charge in [-0.1, -0.05) is 51.4 Å². The molecular weight excluding hydrogens is 450 g/mol. The van der Waals surface area contributed by atoms with Crippen molar-refractivity contribution in [2.45, 2.75) is 11.7 Å². The molecule has 0 saturated carbocycles. The summed E-state index contributed by atoms with van der Waals surface area (Å²) in [4.78, 5) is 26.2. The van der Waals surface area contributed by atoms with Gasteiger partial charge >= 0.3 is 0 Å². The van der Waals surface area contributed by atoms with E-state index in [1.807, 2.05) is 18.2 Å². The fourth-order valence-corrected chi connectivity index (χ4v) is 4.37. The third-order valence-corrected chi connectivity index (χ3v) is 5.99. The van der Waals surface area contributed by atoms with E-state index in [1.165, 1.54) is 16.7 Å². The van der Waals surface area contributed by atoms with Crippen LogP contribution in [0.3, 0.4) is 0 Å². The van der Waals surface area contributed by atoms with Gasteiger partial charge in [0.1, 0.15) is 16.7 Å². The fourth-order valence-electron chi connectivity index (χ4n) is 2.66. The molecular formula is C19H13BrClN3O2S. The summed E-state index contributed by atoms with van der Waals surface area (Å²) in [5.41, 5.74) is 6.63.